The Hall–Kier alpha value is -3.12. The van der Waals surface area contributed by atoms with Crippen LogP contribution in [0.4, 0.5) is 0 Å². The molecule has 0 aliphatic rings. The molecular weight excluding hydrogens is 841 g/mol. The first-order valence-corrected chi connectivity index (χ1v) is 30.6. The highest BCUT2D eigenvalue weighted by Crippen LogP contribution is 2.36. The van der Waals surface area contributed by atoms with E-state index < -0.39 is 0 Å². The van der Waals surface area contributed by atoms with E-state index in [1.165, 1.54) is 254 Å². The zero-order chi connectivity index (χ0) is 51.0. The summed E-state index contributed by atoms with van der Waals surface area (Å²) in [7, 11) is 0. The minimum Gasteiger partial charge on any atom is -0.0654 e. The van der Waals surface area contributed by atoms with Gasteiger partial charge in [0.05, 0.1) is 0 Å². The fourth-order valence-electron chi connectivity index (χ4n) is 10.1. The van der Waals surface area contributed by atoms with Crippen molar-refractivity contribution < 1.29 is 0 Å². The molecule has 396 valence electrons. The number of aryl methyl sites for hydroxylation is 3. The number of hydrogen-bond acceptors (Lipinski definition) is 0. The van der Waals surface area contributed by atoms with E-state index in [1.807, 2.05) is 88.0 Å². The Balaban J connectivity index is 0.000000933. The second kappa shape index (κ2) is 48.2. The largest absolute Gasteiger partial charge is 0.0654 e. The quantitative estimate of drug-likeness (QED) is 0.0395. The molecule has 0 spiro atoms. The van der Waals surface area contributed by atoms with Crippen LogP contribution < -0.4 is 0 Å². The molecule has 0 nitrogen and oxygen atoms in total. The van der Waals surface area contributed by atoms with Gasteiger partial charge in [0.15, 0.2) is 0 Å². The molecule has 0 fully saturated rings. The highest BCUT2D eigenvalue weighted by atomic mass is 14.3. The summed E-state index contributed by atoms with van der Waals surface area (Å²) in [5.74, 6) is 0. The molecule has 4 aromatic rings. The van der Waals surface area contributed by atoms with Crippen LogP contribution in [0.2, 0.25) is 0 Å². The Morgan fingerprint density at radius 3 is 0.457 bits per heavy atom. The van der Waals surface area contributed by atoms with Gasteiger partial charge in [-0.15, -0.1) is 0 Å². The van der Waals surface area contributed by atoms with Crippen LogP contribution in [0.1, 0.15) is 291 Å². The summed E-state index contributed by atoms with van der Waals surface area (Å²) in [4.78, 5) is 0. The van der Waals surface area contributed by atoms with Crippen LogP contribution in [-0.4, -0.2) is 0 Å². The van der Waals surface area contributed by atoms with Gasteiger partial charge in [0.2, 0.25) is 0 Å². The van der Waals surface area contributed by atoms with Gasteiger partial charge < -0.3 is 0 Å². The predicted octanol–water partition coefficient (Wildman–Crippen LogP) is 23.1. The molecule has 0 N–H and O–H groups in total. The second-order valence-electron chi connectivity index (χ2n) is 21.2. The summed E-state index contributed by atoms with van der Waals surface area (Å²) < 4.78 is 0. The maximum absolute atomic E-state index is 2.37. The van der Waals surface area contributed by atoms with E-state index in [2.05, 4.69) is 98.7 Å². The van der Waals surface area contributed by atoms with Crippen LogP contribution in [-0.2, 0) is 38.5 Å². The molecule has 0 heterocycles. The van der Waals surface area contributed by atoms with E-state index in [0.29, 0.717) is 0 Å². The lowest BCUT2D eigenvalue weighted by Crippen LogP contribution is -2.15. The summed E-state index contributed by atoms with van der Waals surface area (Å²) in [5.41, 5.74) is 15.4. The van der Waals surface area contributed by atoms with Crippen LogP contribution in [0.15, 0.2) is 91.0 Å². The van der Waals surface area contributed by atoms with Crippen LogP contribution in [0.3, 0.4) is 0 Å². The molecule has 0 aliphatic carbocycles. The van der Waals surface area contributed by atoms with Gasteiger partial charge in [-0.3, -0.25) is 0 Å². The Bertz CT molecular complexity index is 1520. The van der Waals surface area contributed by atoms with Gasteiger partial charge >= 0.3 is 0 Å². The van der Waals surface area contributed by atoms with Gasteiger partial charge in [0, 0.05) is 0 Å². The first kappa shape index (κ1) is 64.9. The lowest BCUT2D eigenvalue weighted by molar-refractivity contribution is 0.587. The van der Waals surface area contributed by atoms with Gasteiger partial charge in [-0.1, -0.05) is 310 Å². The Labute approximate surface area is 438 Å². The third-order valence-corrected chi connectivity index (χ3v) is 14.4. The van der Waals surface area contributed by atoms with Crippen LogP contribution in [0.25, 0.3) is 0 Å². The van der Waals surface area contributed by atoms with E-state index in [-0.39, 0.29) is 0 Å². The first-order valence-electron chi connectivity index (χ1n) is 30.6. The summed E-state index contributed by atoms with van der Waals surface area (Å²) >= 11 is 0. The average molecular weight is 958 g/mol. The average Bonchev–Trinajstić information content (AvgIpc) is 3.37. The van der Waals surface area contributed by atoms with Crippen molar-refractivity contribution in [1.82, 2.24) is 0 Å². The van der Waals surface area contributed by atoms with Gasteiger partial charge in [-0.2, -0.15) is 0 Å². The van der Waals surface area contributed by atoms with Crippen LogP contribution in [0, 0.1) is 20.8 Å². The summed E-state index contributed by atoms with van der Waals surface area (Å²) in [5, 5.41) is 0. The smallest absolute Gasteiger partial charge is 0.0273 e. The summed E-state index contributed by atoms with van der Waals surface area (Å²) in [6, 6.07) is 30.8. The van der Waals surface area contributed by atoms with Crippen molar-refractivity contribution in [2.24, 2.45) is 0 Å². The molecule has 0 aliphatic heterocycles. The zero-order valence-electron chi connectivity index (χ0n) is 48.3. The number of hydrogen-bond donors (Lipinski definition) is 0. The van der Waals surface area contributed by atoms with Gasteiger partial charge in [-0.05, 0) is 131 Å². The predicted molar refractivity (Wildman–Crippen MR) is 319 cm³/mol. The molecule has 0 bridgehead atoms. The highest BCUT2D eigenvalue weighted by Gasteiger charge is 2.23. The molecule has 0 aromatic heterocycles. The molecule has 0 unspecified atom stereocenters. The van der Waals surface area contributed by atoms with Crippen molar-refractivity contribution in [3.05, 3.63) is 141 Å². The third kappa shape index (κ3) is 34.3. The second-order valence-corrected chi connectivity index (χ2v) is 21.2. The minimum absolute atomic E-state index is 1.32. The van der Waals surface area contributed by atoms with E-state index in [1.54, 1.807) is 0 Å². The van der Waals surface area contributed by atoms with Crippen LogP contribution in [0.5, 0.6) is 0 Å². The van der Waals surface area contributed by atoms with E-state index in [9.17, 15) is 0 Å². The number of unbranched alkanes of at least 4 members (excludes halogenated alkanes) is 25. The fraction of sp³-hybridized carbons (Fsp3) is 0.657. The molecule has 4 aromatic carbocycles. The maximum atomic E-state index is 2.37. The highest BCUT2D eigenvalue weighted by molar-refractivity contribution is 5.53. The normalized spacial score (nSPS) is 10.8. The number of benzene rings is 4. The third-order valence-electron chi connectivity index (χ3n) is 14.4. The van der Waals surface area contributed by atoms with Crippen molar-refractivity contribution in [1.29, 1.82) is 0 Å². The lowest BCUT2D eigenvalue weighted by atomic mass is 9.77. The Morgan fingerprint density at radius 2 is 0.329 bits per heavy atom. The minimum atomic E-state index is 1.32. The van der Waals surface area contributed by atoms with Gasteiger partial charge in [0.1, 0.15) is 0 Å². The van der Waals surface area contributed by atoms with E-state index >= 15 is 0 Å². The van der Waals surface area contributed by atoms with Crippen molar-refractivity contribution in [3.63, 3.8) is 0 Å². The fourth-order valence-corrected chi connectivity index (χ4v) is 10.1. The van der Waals surface area contributed by atoms with E-state index in [0.717, 1.165) is 0 Å². The van der Waals surface area contributed by atoms with Gasteiger partial charge in [-0.25, -0.2) is 0 Å². The van der Waals surface area contributed by atoms with Crippen molar-refractivity contribution in [2.75, 3.05) is 0 Å². The topological polar surface area (TPSA) is 0 Å². The molecule has 0 heteroatoms. The van der Waals surface area contributed by atoms with Crippen LogP contribution >= 0.6 is 0 Å². The molecule has 4 rings (SSSR count). The standard InChI is InChI=1S/C49H92.3C7H8/c1-7-13-19-25-31-37-43-49-47(41-35-29-23-17-11-5)45(39-33-27-21-15-9-3)44(38-32-26-20-14-8-2)46(40-34-28-22-16-10-4)48(49)42-36-30-24-18-12-6;3*1-7-5-3-2-4-6-7/h7-43H2,1-6H3;3*2-6H,1H3. The summed E-state index contributed by atoms with van der Waals surface area (Å²) in [6.07, 6.45) is 51.9. The zero-order valence-corrected chi connectivity index (χ0v) is 48.3. The molecule has 0 radical (unpaired) electrons. The Kier molecular flexibility index (Phi) is 44.7. The van der Waals surface area contributed by atoms with E-state index in [4.69, 9.17) is 0 Å². The molecule has 0 amide bonds. The molecule has 70 heavy (non-hydrogen) atoms. The SMILES string of the molecule is CCCCCCCCc1c(CCCCCCC)c(CCCCCCC)c(CCCCCCC)c(CCCCCCC)c1CCCCCCC.Cc1ccccc1.Cc1ccccc1.Cc1ccccc1. The lowest BCUT2D eigenvalue weighted by Gasteiger charge is -2.28. The Morgan fingerprint density at radius 1 is 0.186 bits per heavy atom. The van der Waals surface area contributed by atoms with Crippen molar-refractivity contribution in [2.45, 2.75) is 300 Å². The maximum Gasteiger partial charge on any atom is -0.0273 e. The van der Waals surface area contributed by atoms with Crippen molar-refractivity contribution in [3.8, 4) is 0 Å². The molecule has 0 saturated carbocycles. The monoisotopic (exact) mass is 957 g/mol. The first-order chi connectivity index (χ1) is 34.4. The summed E-state index contributed by atoms with van der Waals surface area (Å²) in [6.45, 7) is 20.5. The number of rotatable bonds is 37. The van der Waals surface area contributed by atoms with Gasteiger partial charge in [0.25, 0.3) is 0 Å². The van der Waals surface area contributed by atoms with Crippen molar-refractivity contribution >= 4 is 0 Å². The molecule has 0 saturated heterocycles. The molecular formula is C70H116. The molecule has 0 atom stereocenters.